The number of aromatic nitrogens is 2. The molecule has 0 aliphatic carbocycles. The van der Waals surface area contributed by atoms with Crippen LogP contribution in [0.4, 0.5) is 0 Å². The number of halogens is 2. The minimum absolute atomic E-state index is 0.0328. The van der Waals surface area contributed by atoms with Gasteiger partial charge in [-0.25, -0.2) is 10.2 Å². The molecule has 2 aromatic carbocycles. The fourth-order valence-electron chi connectivity index (χ4n) is 2.56. The molecular weight excluding hydrogens is 427 g/mol. The summed E-state index contributed by atoms with van der Waals surface area (Å²) in [5.41, 5.74) is 3.43. The van der Waals surface area contributed by atoms with Crippen LogP contribution < -0.4 is 15.9 Å². The highest BCUT2D eigenvalue weighted by Crippen LogP contribution is 2.33. The highest BCUT2D eigenvalue weighted by molar-refractivity contribution is 6.37. The summed E-state index contributed by atoms with van der Waals surface area (Å²) in [5.74, 6) is -0.188. The number of amides is 1. The largest absolute Gasteiger partial charge is 0.490 e. The number of hydrogen-bond acceptors (Lipinski definition) is 5. The second-order valence-corrected chi connectivity index (χ2v) is 7.03. The van der Waals surface area contributed by atoms with E-state index in [1.807, 2.05) is 25.1 Å². The summed E-state index contributed by atoms with van der Waals surface area (Å²) in [6.07, 6.45) is 2.21. The van der Waals surface area contributed by atoms with E-state index in [9.17, 15) is 9.59 Å². The van der Waals surface area contributed by atoms with Crippen LogP contribution in [0.5, 0.6) is 5.75 Å². The molecule has 2 N–H and O–H groups in total. The highest BCUT2D eigenvalue weighted by atomic mass is 35.5. The second kappa shape index (κ2) is 10.0. The molecule has 154 valence electrons. The van der Waals surface area contributed by atoms with Crippen LogP contribution in [0, 0.1) is 0 Å². The van der Waals surface area contributed by atoms with Gasteiger partial charge >= 0.3 is 5.69 Å². The average molecular weight is 445 g/mol. The van der Waals surface area contributed by atoms with E-state index in [0.29, 0.717) is 33.7 Å². The van der Waals surface area contributed by atoms with E-state index >= 15 is 0 Å². The number of H-pyrrole nitrogens is 1. The number of carbonyl (C=O) groups is 1. The second-order valence-electron chi connectivity index (χ2n) is 6.21. The highest BCUT2D eigenvalue weighted by Gasteiger charge is 2.11. The fraction of sp³-hybridized carbons (Fsp3) is 0.143. The van der Waals surface area contributed by atoms with Crippen molar-refractivity contribution >= 4 is 35.3 Å². The molecule has 0 atom stereocenters. The quantitative estimate of drug-likeness (QED) is 0.419. The molecule has 0 bridgehead atoms. The number of benzene rings is 2. The van der Waals surface area contributed by atoms with Gasteiger partial charge in [0.25, 0.3) is 5.91 Å². The van der Waals surface area contributed by atoms with Crippen molar-refractivity contribution in [2.75, 3.05) is 6.61 Å². The Morgan fingerprint density at radius 2 is 1.90 bits per heavy atom. The lowest BCUT2D eigenvalue weighted by molar-refractivity contribution is 0.0949. The molecule has 7 nitrogen and oxygen atoms in total. The molecule has 1 heterocycles. The Morgan fingerprint density at radius 3 is 2.57 bits per heavy atom. The van der Waals surface area contributed by atoms with Gasteiger partial charge in [0.05, 0.1) is 28.6 Å². The first-order valence-corrected chi connectivity index (χ1v) is 9.85. The lowest BCUT2D eigenvalue weighted by atomic mass is 10.1. The standard InChI is InChI=1S/C21H18Cl2N4O3/c1-2-8-30-19-15(22)9-13(10-16(19)23)12-24-27-20(28)18-11-17(25-21(29)26-18)14-6-4-3-5-7-14/h3-7,9-12H,2,8H2,1H3,(H,27,28)(H,25,26,29)/b24-12+. The maximum absolute atomic E-state index is 12.4. The summed E-state index contributed by atoms with van der Waals surface area (Å²) in [5, 5.41) is 4.58. The van der Waals surface area contributed by atoms with Crippen LogP contribution in [0.15, 0.2) is 58.4 Å². The van der Waals surface area contributed by atoms with E-state index in [-0.39, 0.29) is 5.69 Å². The number of hydrogen-bond donors (Lipinski definition) is 2. The Kier molecular flexibility index (Phi) is 7.21. The molecule has 0 radical (unpaired) electrons. The molecule has 0 aliphatic heterocycles. The van der Waals surface area contributed by atoms with Gasteiger partial charge < -0.3 is 9.72 Å². The summed E-state index contributed by atoms with van der Waals surface area (Å²) < 4.78 is 5.51. The Hall–Kier alpha value is -3.16. The zero-order valence-corrected chi connectivity index (χ0v) is 17.5. The Labute approximate surface area is 182 Å². The SMILES string of the molecule is CCCOc1c(Cl)cc(/C=N/NC(=O)c2cc(-c3ccccc3)nc(=O)[nH]2)cc1Cl. The normalized spacial score (nSPS) is 10.9. The molecule has 0 saturated carbocycles. The van der Waals surface area contributed by atoms with E-state index in [1.54, 1.807) is 24.3 Å². The van der Waals surface area contributed by atoms with Crippen LogP contribution >= 0.6 is 23.2 Å². The molecule has 30 heavy (non-hydrogen) atoms. The Morgan fingerprint density at radius 1 is 1.20 bits per heavy atom. The van der Waals surface area contributed by atoms with Gasteiger partial charge in [0, 0.05) is 5.56 Å². The van der Waals surface area contributed by atoms with Gasteiger partial charge in [-0.3, -0.25) is 4.79 Å². The van der Waals surface area contributed by atoms with Crippen molar-refractivity contribution in [2.24, 2.45) is 5.10 Å². The molecule has 0 fully saturated rings. The molecule has 3 aromatic rings. The maximum atomic E-state index is 12.4. The maximum Gasteiger partial charge on any atom is 0.346 e. The number of nitrogens with zero attached hydrogens (tertiary/aromatic N) is 2. The lowest BCUT2D eigenvalue weighted by Crippen LogP contribution is -2.24. The van der Waals surface area contributed by atoms with Crippen LogP contribution in [0.1, 0.15) is 29.4 Å². The van der Waals surface area contributed by atoms with Crippen molar-refractivity contribution in [2.45, 2.75) is 13.3 Å². The Balaban J connectivity index is 1.74. The summed E-state index contributed by atoms with van der Waals surface area (Å²) in [6.45, 7) is 2.47. The molecular formula is C21H18Cl2N4O3. The van der Waals surface area contributed by atoms with Crippen LogP contribution in [0.2, 0.25) is 10.0 Å². The molecule has 1 aromatic heterocycles. The molecule has 3 rings (SSSR count). The van der Waals surface area contributed by atoms with Gasteiger partial charge in [-0.2, -0.15) is 10.1 Å². The van der Waals surface area contributed by atoms with E-state index < -0.39 is 11.6 Å². The fourth-order valence-corrected chi connectivity index (χ4v) is 3.17. The Bertz CT molecular complexity index is 1110. The topological polar surface area (TPSA) is 96.4 Å². The number of ether oxygens (including phenoxy) is 1. The van der Waals surface area contributed by atoms with Gasteiger partial charge in [-0.15, -0.1) is 0 Å². The predicted octanol–water partition coefficient (Wildman–Crippen LogP) is 4.30. The van der Waals surface area contributed by atoms with Crippen LogP contribution in [-0.4, -0.2) is 28.7 Å². The third-order valence-corrected chi connectivity index (χ3v) is 4.47. The third kappa shape index (κ3) is 5.46. The molecule has 9 heteroatoms. The molecule has 1 amide bonds. The number of nitrogens with one attached hydrogen (secondary N) is 2. The summed E-state index contributed by atoms with van der Waals surface area (Å²) in [7, 11) is 0. The van der Waals surface area contributed by atoms with E-state index in [4.69, 9.17) is 27.9 Å². The van der Waals surface area contributed by atoms with Crippen molar-refractivity contribution in [1.82, 2.24) is 15.4 Å². The first-order chi connectivity index (χ1) is 14.5. The lowest BCUT2D eigenvalue weighted by Gasteiger charge is -2.09. The van der Waals surface area contributed by atoms with E-state index in [1.165, 1.54) is 12.3 Å². The van der Waals surface area contributed by atoms with Crippen molar-refractivity contribution < 1.29 is 9.53 Å². The van der Waals surface area contributed by atoms with Gasteiger partial charge in [0.15, 0.2) is 5.75 Å². The van der Waals surface area contributed by atoms with E-state index in [2.05, 4.69) is 20.5 Å². The zero-order chi connectivity index (χ0) is 21.5. The van der Waals surface area contributed by atoms with Crippen molar-refractivity contribution in [3.63, 3.8) is 0 Å². The average Bonchev–Trinajstić information content (AvgIpc) is 2.73. The molecule has 0 unspecified atom stereocenters. The van der Waals surface area contributed by atoms with Crippen molar-refractivity contribution in [3.8, 4) is 17.0 Å². The monoisotopic (exact) mass is 444 g/mol. The number of hydrazone groups is 1. The van der Waals surface area contributed by atoms with Crippen LogP contribution in [0.3, 0.4) is 0 Å². The molecule has 0 aliphatic rings. The predicted molar refractivity (Wildman–Crippen MR) is 118 cm³/mol. The summed E-state index contributed by atoms with van der Waals surface area (Å²) >= 11 is 12.4. The third-order valence-electron chi connectivity index (χ3n) is 3.91. The van der Waals surface area contributed by atoms with Gasteiger partial charge in [-0.1, -0.05) is 60.5 Å². The smallest absolute Gasteiger partial charge is 0.346 e. The first kappa shape index (κ1) is 21.5. The number of aromatic amines is 1. The minimum Gasteiger partial charge on any atom is -0.490 e. The summed E-state index contributed by atoms with van der Waals surface area (Å²) in [4.78, 5) is 30.5. The van der Waals surface area contributed by atoms with Crippen molar-refractivity contribution in [1.29, 1.82) is 0 Å². The van der Waals surface area contributed by atoms with Crippen LogP contribution in [-0.2, 0) is 0 Å². The van der Waals surface area contributed by atoms with Crippen molar-refractivity contribution in [3.05, 3.63) is 80.3 Å². The molecule has 0 spiro atoms. The van der Waals surface area contributed by atoms with Gasteiger partial charge in [0.2, 0.25) is 0 Å². The van der Waals surface area contributed by atoms with Crippen LogP contribution in [0.25, 0.3) is 11.3 Å². The van der Waals surface area contributed by atoms with Gasteiger partial charge in [0.1, 0.15) is 5.69 Å². The molecule has 0 saturated heterocycles. The van der Waals surface area contributed by atoms with E-state index in [0.717, 1.165) is 12.0 Å². The number of carbonyl (C=O) groups excluding carboxylic acids is 1. The first-order valence-electron chi connectivity index (χ1n) is 9.10. The van der Waals surface area contributed by atoms with Gasteiger partial charge in [-0.05, 0) is 30.2 Å². The zero-order valence-electron chi connectivity index (χ0n) is 16.0. The number of rotatable bonds is 7. The minimum atomic E-state index is -0.633. The summed E-state index contributed by atoms with van der Waals surface area (Å²) in [6, 6.07) is 13.8.